The molecule has 1 heterocycles. The summed E-state index contributed by atoms with van der Waals surface area (Å²) >= 11 is 0.254. The van der Waals surface area contributed by atoms with Gasteiger partial charge in [-0.05, 0) is 0 Å². The third-order valence-electron chi connectivity index (χ3n) is 2.44. The molecule has 2 N–H and O–H groups in total. The Labute approximate surface area is 107 Å². The molecule has 1 aromatic heterocycles. The van der Waals surface area contributed by atoms with Crippen molar-refractivity contribution in [3.05, 3.63) is 39.1 Å². The third-order valence-corrected chi connectivity index (χ3v) is 4.51. The molecule has 3 nitrogen and oxygen atoms in total. The van der Waals surface area contributed by atoms with Crippen molar-refractivity contribution in [1.82, 2.24) is 4.68 Å². The molecule has 0 amide bonds. The molecule has 4 heteroatoms. The quantitative estimate of drug-likeness (QED) is 0.663. The Kier molecular flexibility index (Phi) is 3.55. The molecule has 0 unspecified atom stereocenters. The molecule has 2 aromatic rings. The Morgan fingerprint density at radius 2 is 1.88 bits per heavy atom. The van der Waals surface area contributed by atoms with E-state index in [-0.39, 0.29) is 14.5 Å². The number of nitrogen functional groups attached to an aromatic ring is 1. The van der Waals surface area contributed by atoms with Gasteiger partial charge in [-0.25, -0.2) is 0 Å². The van der Waals surface area contributed by atoms with E-state index in [4.69, 9.17) is 5.84 Å². The molecule has 0 fully saturated rings. The van der Waals surface area contributed by atoms with Crippen LogP contribution in [-0.2, 0) is 0 Å². The van der Waals surface area contributed by atoms with Gasteiger partial charge in [0.1, 0.15) is 0 Å². The van der Waals surface area contributed by atoms with Crippen LogP contribution in [0.25, 0.3) is 11.3 Å². The van der Waals surface area contributed by atoms with Crippen LogP contribution in [0.5, 0.6) is 0 Å². The molecule has 2 rings (SSSR count). The van der Waals surface area contributed by atoms with Gasteiger partial charge in [0.2, 0.25) is 0 Å². The van der Waals surface area contributed by atoms with Gasteiger partial charge in [-0.1, -0.05) is 0 Å². The van der Waals surface area contributed by atoms with Gasteiger partial charge in [-0.15, -0.1) is 0 Å². The number of hydrogen-bond acceptors (Lipinski definition) is 2. The zero-order valence-corrected chi connectivity index (χ0v) is 12.1. The van der Waals surface area contributed by atoms with Gasteiger partial charge in [0.25, 0.3) is 0 Å². The summed E-state index contributed by atoms with van der Waals surface area (Å²) in [7, 11) is 0. The van der Waals surface area contributed by atoms with E-state index >= 15 is 0 Å². The maximum absolute atomic E-state index is 6.15. The average Bonchev–Trinajstić information content (AvgIpc) is 2.54. The summed E-state index contributed by atoms with van der Waals surface area (Å²) in [5.41, 5.74) is 2.29. The molecule has 0 aliphatic rings. The summed E-state index contributed by atoms with van der Waals surface area (Å²) in [6.45, 7) is 6.30. The fraction of sp³-hybridized carbons (Fsp3) is 0.308. The number of rotatable bonds is 2. The molecule has 90 valence electrons. The fourth-order valence-corrected chi connectivity index (χ4v) is 3.93. The van der Waals surface area contributed by atoms with Crippen LogP contribution in [0.3, 0.4) is 0 Å². The van der Waals surface area contributed by atoms with Crippen molar-refractivity contribution in [3.8, 4) is 11.3 Å². The first-order chi connectivity index (χ1) is 8.09. The van der Waals surface area contributed by atoms with E-state index in [2.05, 4.69) is 37.9 Å². The number of nitrogens with two attached hydrogens (primary N) is 1. The molecular formula is C13H17N3Se. The zero-order chi connectivity index (χ0) is 12.4. The molecule has 0 bridgehead atoms. The first kappa shape index (κ1) is 12.2. The van der Waals surface area contributed by atoms with Gasteiger partial charge in [0.15, 0.2) is 0 Å². The number of benzene rings is 1. The predicted octanol–water partition coefficient (Wildman–Crippen LogP) is 1.54. The van der Waals surface area contributed by atoms with Crippen LogP contribution in [-0.4, -0.2) is 25.2 Å². The van der Waals surface area contributed by atoms with Crippen molar-refractivity contribution in [1.29, 1.82) is 0 Å². The van der Waals surface area contributed by atoms with Crippen molar-refractivity contribution in [2.75, 3.05) is 5.84 Å². The molecule has 0 spiro atoms. The molecule has 0 aliphatic carbocycles. The molecule has 0 saturated heterocycles. The molecule has 1 aromatic carbocycles. The van der Waals surface area contributed by atoms with Crippen molar-refractivity contribution in [2.45, 2.75) is 26.8 Å². The summed E-state index contributed by atoms with van der Waals surface area (Å²) in [6, 6.07) is 10.6. The second kappa shape index (κ2) is 4.94. The molecule has 0 saturated carbocycles. The molecule has 0 atom stereocenters. The van der Waals surface area contributed by atoms with E-state index < -0.39 is 0 Å². The Balaban J connectivity index is 2.61. The fourth-order valence-electron chi connectivity index (χ4n) is 1.75. The first-order valence-electron chi connectivity index (χ1n) is 5.66. The Morgan fingerprint density at radius 1 is 1.24 bits per heavy atom. The summed E-state index contributed by atoms with van der Waals surface area (Å²) in [5.74, 6) is 6.15. The van der Waals surface area contributed by atoms with Crippen LogP contribution in [0.4, 0.5) is 0 Å². The van der Waals surface area contributed by atoms with Gasteiger partial charge in [0.05, 0.1) is 0 Å². The van der Waals surface area contributed by atoms with Crippen LogP contribution in [0.15, 0.2) is 35.3 Å². The Bertz CT molecular complexity index is 564. The van der Waals surface area contributed by atoms with Gasteiger partial charge in [-0.3, -0.25) is 0 Å². The summed E-state index contributed by atoms with van der Waals surface area (Å²) in [4.78, 5) is 4.59. The number of hydrogen-bond donors (Lipinski definition) is 1. The Hall–Kier alpha value is -1.25. The third kappa shape index (κ3) is 2.54. The predicted molar refractivity (Wildman–Crippen MR) is 72.4 cm³/mol. The second-order valence-corrected chi connectivity index (χ2v) is 6.73. The van der Waals surface area contributed by atoms with Crippen molar-refractivity contribution in [3.63, 3.8) is 0 Å². The summed E-state index contributed by atoms with van der Waals surface area (Å²) in [5, 5.41) is 0. The van der Waals surface area contributed by atoms with Crippen molar-refractivity contribution < 1.29 is 0 Å². The van der Waals surface area contributed by atoms with Crippen molar-refractivity contribution >= 4 is 14.5 Å². The first-order valence-corrected chi connectivity index (χ1v) is 7.37. The molecule has 0 aliphatic heterocycles. The van der Waals surface area contributed by atoms with Crippen LogP contribution in [0.2, 0.25) is 0 Å². The molecular weight excluding hydrogens is 277 g/mol. The second-order valence-electron chi connectivity index (χ2n) is 4.25. The monoisotopic (exact) mass is 295 g/mol. The van der Waals surface area contributed by atoms with Crippen LogP contribution >= 0.6 is 0 Å². The Morgan fingerprint density at radius 3 is 2.47 bits per heavy atom. The van der Waals surface area contributed by atoms with E-state index in [1.54, 1.807) is 4.68 Å². The van der Waals surface area contributed by atoms with E-state index in [1.807, 2.05) is 18.2 Å². The number of nitrogens with zero attached hydrogens (tertiary/aromatic N) is 2. The van der Waals surface area contributed by atoms with Crippen LogP contribution < -0.4 is 10.2 Å². The van der Waals surface area contributed by atoms with Gasteiger partial charge >= 0.3 is 107 Å². The minimum atomic E-state index is 0.254. The maximum atomic E-state index is 6.15. The normalized spacial score (nSPS) is 12.4. The number of aryl methyl sites for hydroxylation is 1. The molecule has 0 radical (unpaired) electrons. The minimum absolute atomic E-state index is 0.254. The standard InChI is InChI=1S/C13H17N3Se/c1-9(2)15-13-16(14)12(10(3)17-13)11-7-5-4-6-8-11/h4-9H,14H2,1-3H3. The van der Waals surface area contributed by atoms with E-state index in [9.17, 15) is 0 Å². The summed E-state index contributed by atoms with van der Waals surface area (Å²) < 4.78 is 4.11. The van der Waals surface area contributed by atoms with Gasteiger partial charge in [0, 0.05) is 0 Å². The molecule has 17 heavy (non-hydrogen) atoms. The van der Waals surface area contributed by atoms with Crippen LogP contribution in [0, 0.1) is 6.92 Å². The zero-order valence-electron chi connectivity index (χ0n) is 10.3. The van der Waals surface area contributed by atoms with Gasteiger partial charge in [-0.2, -0.15) is 0 Å². The van der Waals surface area contributed by atoms with Crippen LogP contribution in [0.1, 0.15) is 18.3 Å². The van der Waals surface area contributed by atoms with E-state index in [0.29, 0.717) is 6.04 Å². The average molecular weight is 294 g/mol. The SMILES string of the molecule is Cc1[se]c(=NC(C)C)n(N)c1-c1ccccc1. The number of aromatic nitrogens is 1. The van der Waals surface area contributed by atoms with E-state index in [0.717, 1.165) is 10.1 Å². The van der Waals surface area contributed by atoms with Gasteiger partial charge < -0.3 is 0 Å². The van der Waals surface area contributed by atoms with E-state index in [1.165, 1.54) is 10.0 Å². The summed E-state index contributed by atoms with van der Waals surface area (Å²) in [6.07, 6.45) is 0. The van der Waals surface area contributed by atoms with Crippen molar-refractivity contribution in [2.24, 2.45) is 4.99 Å². The topological polar surface area (TPSA) is 43.3 Å².